The number of hydrogen-bond donors (Lipinski definition) is 2. The summed E-state index contributed by atoms with van der Waals surface area (Å²) in [4.78, 5) is 21.0. The number of aromatic nitrogens is 5. The highest BCUT2D eigenvalue weighted by atomic mass is 35.5. The summed E-state index contributed by atoms with van der Waals surface area (Å²) in [6.45, 7) is 0. The molecule has 0 atom stereocenters. The summed E-state index contributed by atoms with van der Waals surface area (Å²) in [5, 5.41) is 10.8. The summed E-state index contributed by atoms with van der Waals surface area (Å²) in [5.41, 5.74) is 12.7. The van der Waals surface area contributed by atoms with E-state index in [2.05, 4.69) is 30.0 Å². The van der Waals surface area contributed by atoms with Crippen LogP contribution in [-0.2, 0) is 24.1 Å². The lowest BCUT2D eigenvalue weighted by molar-refractivity contribution is -0.115. The number of nitrogen functional groups attached to an aromatic ring is 1. The van der Waals surface area contributed by atoms with Gasteiger partial charge in [0, 0.05) is 17.1 Å². The van der Waals surface area contributed by atoms with Gasteiger partial charge in [-0.05, 0) is 61.2 Å². The van der Waals surface area contributed by atoms with Crippen LogP contribution in [0.5, 0.6) is 0 Å². The molecule has 9 heteroatoms. The standard InChI is InChI=1S/C21H18ClN7O/c22-17-9-6-13(27-28-17)10-18(30)26-12-4-7-14(8-5-12)29-16-3-1-2-15(16)19-20(29)21(23)25-11-24-19/h4-9,11H,1-3,10H2,(H,26,30)(H2,23,24,25). The summed E-state index contributed by atoms with van der Waals surface area (Å²) < 4.78 is 2.14. The van der Waals surface area contributed by atoms with Crippen LogP contribution in [0, 0.1) is 0 Å². The van der Waals surface area contributed by atoms with E-state index in [1.165, 1.54) is 17.6 Å². The van der Waals surface area contributed by atoms with Crippen LogP contribution in [0.2, 0.25) is 5.15 Å². The number of halogens is 1. The second-order valence-electron chi connectivity index (χ2n) is 7.19. The molecule has 0 radical (unpaired) electrons. The van der Waals surface area contributed by atoms with Gasteiger partial charge in [0.15, 0.2) is 11.0 Å². The molecule has 0 bridgehead atoms. The van der Waals surface area contributed by atoms with E-state index < -0.39 is 0 Å². The number of carbonyl (C=O) groups is 1. The minimum atomic E-state index is -0.177. The van der Waals surface area contributed by atoms with Crippen molar-refractivity contribution in [2.75, 3.05) is 11.1 Å². The Morgan fingerprint density at radius 2 is 1.93 bits per heavy atom. The zero-order valence-electron chi connectivity index (χ0n) is 16.0. The Labute approximate surface area is 177 Å². The lowest BCUT2D eigenvalue weighted by atomic mass is 10.2. The quantitative estimate of drug-likeness (QED) is 0.525. The molecule has 150 valence electrons. The van der Waals surface area contributed by atoms with Crippen molar-refractivity contribution >= 4 is 40.0 Å². The summed E-state index contributed by atoms with van der Waals surface area (Å²) >= 11 is 5.72. The highest BCUT2D eigenvalue weighted by Gasteiger charge is 2.25. The first-order chi connectivity index (χ1) is 14.6. The second kappa shape index (κ2) is 7.38. The van der Waals surface area contributed by atoms with Crippen LogP contribution in [0.4, 0.5) is 11.5 Å². The fourth-order valence-corrected chi connectivity index (χ4v) is 4.09. The number of nitrogens with zero attached hydrogens (tertiary/aromatic N) is 5. The van der Waals surface area contributed by atoms with Crippen LogP contribution < -0.4 is 11.1 Å². The predicted octanol–water partition coefficient (Wildman–Crippen LogP) is 3.12. The summed E-state index contributed by atoms with van der Waals surface area (Å²) in [6.07, 6.45) is 4.72. The van der Waals surface area contributed by atoms with Crippen molar-refractivity contribution in [2.24, 2.45) is 0 Å². The van der Waals surface area contributed by atoms with E-state index in [9.17, 15) is 4.79 Å². The maximum Gasteiger partial charge on any atom is 0.230 e. The third kappa shape index (κ3) is 3.25. The topological polar surface area (TPSA) is 112 Å². The fourth-order valence-electron chi connectivity index (χ4n) is 3.98. The molecular formula is C21H18ClN7O. The number of benzene rings is 1. The molecule has 0 saturated carbocycles. The maximum atomic E-state index is 12.3. The first-order valence-corrected chi connectivity index (χ1v) is 9.99. The molecule has 1 aliphatic carbocycles. The Hall–Kier alpha value is -3.52. The van der Waals surface area contributed by atoms with E-state index in [-0.39, 0.29) is 12.3 Å². The molecule has 0 unspecified atom stereocenters. The second-order valence-corrected chi connectivity index (χ2v) is 7.58. The van der Waals surface area contributed by atoms with E-state index in [1.54, 1.807) is 12.1 Å². The minimum absolute atomic E-state index is 0.121. The van der Waals surface area contributed by atoms with Gasteiger partial charge in [0.1, 0.15) is 11.8 Å². The molecule has 1 amide bonds. The van der Waals surface area contributed by atoms with E-state index >= 15 is 0 Å². The zero-order valence-corrected chi connectivity index (χ0v) is 16.7. The highest BCUT2D eigenvalue weighted by molar-refractivity contribution is 6.29. The minimum Gasteiger partial charge on any atom is -0.382 e. The fraction of sp³-hybridized carbons (Fsp3) is 0.190. The van der Waals surface area contributed by atoms with Gasteiger partial charge >= 0.3 is 0 Å². The lowest BCUT2D eigenvalue weighted by Gasteiger charge is -2.12. The molecule has 3 N–H and O–H groups in total. The van der Waals surface area contributed by atoms with Crippen LogP contribution in [0.15, 0.2) is 42.7 Å². The molecule has 0 fully saturated rings. The van der Waals surface area contributed by atoms with Crippen molar-refractivity contribution in [3.63, 3.8) is 0 Å². The van der Waals surface area contributed by atoms with Crippen molar-refractivity contribution in [3.05, 3.63) is 64.8 Å². The van der Waals surface area contributed by atoms with E-state index in [0.717, 1.165) is 36.0 Å². The van der Waals surface area contributed by atoms with Crippen LogP contribution in [-0.4, -0.2) is 30.6 Å². The molecule has 8 nitrogen and oxygen atoms in total. The molecule has 4 aromatic rings. The maximum absolute atomic E-state index is 12.3. The van der Waals surface area contributed by atoms with Crippen molar-refractivity contribution in [1.82, 2.24) is 24.7 Å². The molecule has 0 saturated heterocycles. The van der Waals surface area contributed by atoms with Gasteiger partial charge in [-0.3, -0.25) is 4.79 Å². The van der Waals surface area contributed by atoms with E-state index in [4.69, 9.17) is 17.3 Å². The Balaban J connectivity index is 1.41. The third-order valence-electron chi connectivity index (χ3n) is 5.26. The van der Waals surface area contributed by atoms with Gasteiger partial charge in [0.05, 0.1) is 17.6 Å². The Kier molecular flexibility index (Phi) is 4.55. The number of hydrogen-bond acceptors (Lipinski definition) is 6. The molecule has 1 aliphatic rings. The van der Waals surface area contributed by atoms with Crippen molar-refractivity contribution in [2.45, 2.75) is 25.7 Å². The Morgan fingerprint density at radius 3 is 2.70 bits per heavy atom. The molecule has 0 aliphatic heterocycles. The summed E-state index contributed by atoms with van der Waals surface area (Å²) in [5.74, 6) is 0.292. The van der Waals surface area contributed by atoms with Crippen LogP contribution in [0.3, 0.4) is 0 Å². The average Bonchev–Trinajstić information content (AvgIpc) is 3.32. The van der Waals surface area contributed by atoms with Crippen LogP contribution in [0.25, 0.3) is 16.7 Å². The number of nitrogens with two attached hydrogens (primary N) is 1. The Bertz CT molecular complexity index is 1250. The lowest BCUT2D eigenvalue weighted by Crippen LogP contribution is -2.15. The molecule has 3 heterocycles. The van der Waals surface area contributed by atoms with Crippen molar-refractivity contribution in [3.8, 4) is 5.69 Å². The monoisotopic (exact) mass is 419 g/mol. The molecule has 5 rings (SSSR count). The first kappa shape index (κ1) is 18.5. The van der Waals surface area contributed by atoms with Crippen LogP contribution >= 0.6 is 11.6 Å². The number of fused-ring (bicyclic) bond motifs is 3. The molecule has 3 aromatic heterocycles. The van der Waals surface area contributed by atoms with Crippen molar-refractivity contribution < 1.29 is 4.79 Å². The largest absolute Gasteiger partial charge is 0.382 e. The van der Waals surface area contributed by atoms with Gasteiger partial charge in [-0.15, -0.1) is 5.10 Å². The summed E-state index contributed by atoms with van der Waals surface area (Å²) in [6, 6.07) is 11.0. The number of carbonyl (C=O) groups excluding carboxylic acids is 1. The molecular weight excluding hydrogens is 402 g/mol. The zero-order chi connectivity index (χ0) is 20.7. The van der Waals surface area contributed by atoms with Crippen molar-refractivity contribution in [1.29, 1.82) is 0 Å². The number of rotatable bonds is 4. The number of amides is 1. The van der Waals surface area contributed by atoms with Gasteiger partial charge in [0.25, 0.3) is 0 Å². The van der Waals surface area contributed by atoms with Gasteiger partial charge in [0.2, 0.25) is 5.91 Å². The number of aryl methyl sites for hydroxylation is 1. The van der Waals surface area contributed by atoms with Crippen LogP contribution in [0.1, 0.15) is 23.4 Å². The first-order valence-electron chi connectivity index (χ1n) is 9.61. The van der Waals surface area contributed by atoms with E-state index in [0.29, 0.717) is 22.4 Å². The predicted molar refractivity (Wildman–Crippen MR) is 115 cm³/mol. The smallest absolute Gasteiger partial charge is 0.230 e. The summed E-state index contributed by atoms with van der Waals surface area (Å²) in [7, 11) is 0. The average molecular weight is 420 g/mol. The van der Waals surface area contributed by atoms with Gasteiger partial charge in [-0.25, -0.2) is 9.97 Å². The SMILES string of the molecule is Nc1ncnc2c3c(n(-c4ccc(NC(=O)Cc5ccc(Cl)nn5)cc4)c12)CCC3. The molecule has 30 heavy (non-hydrogen) atoms. The van der Waals surface area contributed by atoms with Gasteiger partial charge in [-0.2, -0.15) is 5.10 Å². The normalized spacial score (nSPS) is 12.8. The van der Waals surface area contributed by atoms with Gasteiger partial charge in [-0.1, -0.05) is 11.6 Å². The van der Waals surface area contributed by atoms with E-state index in [1.807, 2.05) is 24.3 Å². The molecule has 0 spiro atoms. The highest BCUT2D eigenvalue weighted by Crippen LogP contribution is 2.36. The Morgan fingerprint density at radius 1 is 1.10 bits per heavy atom. The number of nitrogens with one attached hydrogen (secondary N) is 1. The third-order valence-corrected chi connectivity index (χ3v) is 5.46. The van der Waals surface area contributed by atoms with Gasteiger partial charge < -0.3 is 15.6 Å². The molecule has 1 aromatic carbocycles. The number of anilines is 2.